The number of nitrogens with one attached hydrogen (secondary N) is 1. The van der Waals surface area contributed by atoms with Crippen molar-refractivity contribution >= 4 is 55.3 Å². The summed E-state index contributed by atoms with van der Waals surface area (Å²) < 4.78 is 16.0. The molecule has 0 bridgehead atoms. The van der Waals surface area contributed by atoms with E-state index in [2.05, 4.69) is 5.32 Å². The molecule has 3 aromatic carbocycles. The van der Waals surface area contributed by atoms with E-state index in [9.17, 15) is 29.3 Å². The molecule has 0 aliphatic carbocycles. The predicted octanol–water partition coefficient (Wildman–Crippen LogP) is 4.07. The van der Waals surface area contributed by atoms with Crippen LogP contribution in [0.1, 0.15) is 63.4 Å². The molecular weight excluding hydrogens is 631 g/mol. The summed E-state index contributed by atoms with van der Waals surface area (Å²) in [7, 11) is 0. The number of carboxylic acids is 1. The Kier molecular flexibility index (Phi) is 16.8. The Bertz CT molecular complexity index is 1550. The van der Waals surface area contributed by atoms with Crippen molar-refractivity contribution in [3.05, 3.63) is 102 Å². The number of carbonyl (C=O) groups excluding carboxylic acids is 2. The van der Waals surface area contributed by atoms with Gasteiger partial charge in [0.15, 0.2) is 0 Å². The number of carbonyl (C=O) groups is 2. The third kappa shape index (κ3) is 11.8. The zero-order chi connectivity index (χ0) is 33.8. The molecule has 0 spiro atoms. The third-order valence-electron chi connectivity index (χ3n) is 7.19. The van der Waals surface area contributed by atoms with E-state index < -0.39 is 36.5 Å². The van der Waals surface area contributed by atoms with Crippen LogP contribution in [0.4, 0.5) is 10.1 Å². The van der Waals surface area contributed by atoms with Crippen molar-refractivity contribution in [3.63, 3.8) is 0 Å². The van der Waals surface area contributed by atoms with Crippen LogP contribution in [-0.4, -0.2) is 99.5 Å². The van der Waals surface area contributed by atoms with Gasteiger partial charge < -0.3 is 41.6 Å². The number of amides is 1. The predicted molar refractivity (Wildman–Crippen MR) is 180 cm³/mol. The zero-order valence-electron chi connectivity index (χ0n) is 28.0. The van der Waals surface area contributed by atoms with Crippen molar-refractivity contribution in [2.24, 2.45) is 0 Å². The molecule has 1 aromatic heterocycles. The molecule has 0 radical (unpaired) electrons. The number of aliphatic carboxylic acids is 1. The van der Waals surface area contributed by atoms with Gasteiger partial charge in [-0.3, -0.25) is 4.79 Å². The van der Waals surface area contributed by atoms with E-state index in [1.165, 1.54) is 19.1 Å². The number of aromatic nitrogens is 1. The molecule has 1 amide bonds. The number of benzene rings is 3. The molecule has 47 heavy (non-hydrogen) atoms. The van der Waals surface area contributed by atoms with Crippen LogP contribution >= 0.6 is 0 Å². The molecule has 11 heteroatoms. The number of hydrogen-bond donors (Lipinski definition) is 5. The Morgan fingerprint density at radius 1 is 0.872 bits per heavy atom. The molecule has 4 rings (SSSR count). The van der Waals surface area contributed by atoms with E-state index >= 15 is 0 Å². The molecule has 0 saturated heterocycles. The fraction of sp³-hybridized carbons (Fsp3) is 0.333. The number of halogens is 1. The van der Waals surface area contributed by atoms with Gasteiger partial charge in [-0.25, -0.2) is 4.39 Å². The minimum absolute atomic E-state index is 0. The van der Waals surface area contributed by atoms with Crippen LogP contribution in [0.5, 0.6) is 0 Å². The summed E-state index contributed by atoms with van der Waals surface area (Å²) in [6.45, 7) is 5.61. The van der Waals surface area contributed by atoms with Crippen molar-refractivity contribution in [1.29, 1.82) is 0 Å². The van der Waals surface area contributed by atoms with Gasteiger partial charge in [-0.1, -0.05) is 62.4 Å². The molecule has 5 N–H and O–H groups in total. The van der Waals surface area contributed by atoms with Crippen LogP contribution in [-0.2, 0) is 11.3 Å². The Morgan fingerprint density at radius 3 is 1.94 bits per heavy atom. The zero-order valence-corrected chi connectivity index (χ0v) is 29.2. The molecule has 0 fully saturated rings. The summed E-state index contributed by atoms with van der Waals surface area (Å²) in [4.78, 5) is 24.9. The Morgan fingerprint density at radius 2 is 1.43 bits per heavy atom. The van der Waals surface area contributed by atoms with Crippen LogP contribution in [0.25, 0.3) is 22.4 Å². The minimum Gasteiger partial charge on any atom is -1.00 e. The summed E-state index contributed by atoms with van der Waals surface area (Å²) >= 11 is 0. The average molecular weight is 675 g/mol. The summed E-state index contributed by atoms with van der Waals surface area (Å²) in [5.41, 5.74) is 4.72. The van der Waals surface area contributed by atoms with Gasteiger partial charge in [0.1, 0.15) is 5.82 Å². The number of aliphatic hydroxyl groups excluding tert-OH is 4. The SMILES string of the molecule is CC(C)c1c(C(=O)Nc2ccccc2)c(-c2ccccc2)c(-c2ccc(F)cc2)n1CC[C@@H](O)C[C@@H](O)CC(=O)[O-].CC(O)CO.[Ca+2].[H-]. The summed E-state index contributed by atoms with van der Waals surface area (Å²) in [6, 6.07) is 24.7. The first-order chi connectivity index (χ1) is 21.9. The largest absolute Gasteiger partial charge is 2.00 e. The molecule has 0 aliphatic rings. The number of anilines is 1. The third-order valence-corrected chi connectivity index (χ3v) is 7.19. The first-order valence-electron chi connectivity index (χ1n) is 15.2. The maximum Gasteiger partial charge on any atom is 2.00 e. The van der Waals surface area contributed by atoms with Crippen molar-refractivity contribution in [3.8, 4) is 22.4 Å². The van der Waals surface area contributed by atoms with Gasteiger partial charge in [-0.15, -0.1) is 0 Å². The molecule has 248 valence electrons. The van der Waals surface area contributed by atoms with Gasteiger partial charge in [-0.2, -0.15) is 0 Å². The first kappa shape index (κ1) is 40.1. The standard InChI is InChI=1S/C33H35FN2O5.C3H8O2.Ca.H/c1-21(2)31-30(33(41)35-25-11-7-4-8-12-25)29(22-9-5-3-6-10-22)32(23-13-15-24(34)16-14-23)36(31)18-17-26(37)19-27(38)20-28(39)40;1-3(5)2-4;;/h3-16,21,26-27,37-38H,17-20H2,1-2H3,(H,35,41)(H,39,40);3-5H,2H2,1H3;;/q;;+2;-1/p-1/t26-,27-;;;/m1.../s1. The van der Waals surface area contributed by atoms with Gasteiger partial charge in [-0.05, 0) is 73.2 Å². The molecule has 1 heterocycles. The monoisotopic (exact) mass is 674 g/mol. The minimum atomic E-state index is -1.39. The number of aliphatic hydroxyl groups is 4. The van der Waals surface area contributed by atoms with Crippen molar-refractivity contribution in [2.45, 2.75) is 70.8 Å². The quantitative estimate of drug-likeness (QED) is 0.134. The van der Waals surface area contributed by atoms with E-state index in [4.69, 9.17) is 10.2 Å². The molecule has 0 saturated carbocycles. The van der Waals surface area contributed by atoms with E-state index in [0.717, 1.165) is 11.3 Å². The molecule has 1 unspecified atom stereocenters. The number of para-hydroxylation sites is 1. The van der Waals surface area contributed by atoms with Crippen molar-refractivity contribution in [2.75, 3.05) is 11.9 Å². The number of rotatable bonds is 13. The van der Waals surface area contributed by atoms with E-state index in [1.54, 1.807) is 24.3 Å². The van der Waals surface area contributed by atoms with Crippen LogP contribution in [0.3, 0.4) is 0 Å². The smallest absolute Gasteiger partial charge is 1.00 e. The van der Waals surface area contributed by atoms with Crippen molar-refractivity contribution < 1.29 is 40.9 Å². The molecule has 0 aliphatic heterocycles. The second kappa shape index (κ2) is 19.7. The van der Waals surface area contributed by atoms with Crippen LogP contribution in [0.15, 0.2) is 84.9 Å². The van der Waals surface area contributed by atoms with Crippen molar-refractivity contribution in [1.82, 2.24) is 4.57 Å². The maximum atomic E-state index is 14.0. The number of carboxylic acid groups (broad SMARTS) is 1. The van der Waals surface area contributed by atoms with Gasteiger partial charge >= 0.3 is 37.7 Å². The van der Waals surface area contributed by atoms with E-state index in [0.29, 0.717) is 28.1 Å². The number of hydrogen-bond acceptors (Lipinski definition) is 7. The van der Waals surface area contributed by atoms with Gasteiger partial charge in [0, 0.05) is 35.9 Å². The second-order valence-electron chi connectivity index (χ2n) is 11.4. The van der Waals surface area contributed by atoms with Crippen LogP contribution < -0.4 is 10.4 Å². The molecular formula is C36H43CaFN2O7. The van der Waals surface area contributed by atoms with E-state index in [-0.39, 0.29) is 77.0 Å². The molecule has 9 nitrogen and oxygen atoms in total. The fourth-order valence-electron chi connectivity index (χ4n) is 5.19. The van der Waals surface area contributed by atoms with Crippen LogP contribution in [0.2, 0.25) is 0 Å². The average Bonchev–Trinajstić information content (AvgIpc) is 3.37. The summed E-state index contributed by atoms with van der Waals surface area (Å²) in [5, 5.41) is 50.6. The Balaban J connectivity index is 0.00000153. The maximum absolute atomic E-state index is 14.0. The second-order valence-corrected chi connectivity index (χ2v) is 11.4. The fourth-order valence-corrected chi connectivity index (χ4v) is 5.19. The topological polar surface area (TPSA) is 155 Å². The Hall–Kier alpha value is -3.09. The normalized spacial score (nSPS) is 12.7. The van der Waals surface area contributed by atoms with Gasteiger partial charge in [0.2, 0.25) is 0 Å². The summed E-state index contributed by atoms with van der Waals surface area (Å²) in [5.74, 6) is -2.20. The van der Waals surface area contributed by atoms with E-state index in [1.807, 2.05) is 66.9 Å². The van der Waals surface area contributed by atoms with Gasteiger partial charge in [0.25, 0.3) is 5.91 Å². The molecule has 4 aromatic rings. The summed E-state index contributed by atoms with van der Waals surface area (Å²) in [6.07, 6.45) is -3.33. The van der Waals surface area contributed by atoms with Crippen LogP contribution in [0, 0.1) is 5.82 Å². The van der Waals surface area contributed by atoms with Gasteiger partial charge in [0.05, 0.1) is 36.2 Å². The number of nitrogens with zero attached hydrogens (tertiary/aromatic N) is 1. The molecule has 3 atom stereocenters. The Labute approximate surface area is 306 Å². The first-order valence-corrected chi connectivity index (χ1v) is 15.2.